The summed E-state index contributed by atoms with van der Waals surface area (Å²) < 4.78 is 0. The van der Waals surface area contributed by atoms with Crippen molar-refractivity contribution in [2.45, 2.75) is 18.9 Å². The lowest BCUT2D eigenvalue weighted by molar-refractivity contribution is -0.142. The first kappa shape index (κ1) is 13.9. The Morgan fingerprint density at radius 3 is 2.90 bits per heavy atom. The lowest BCUT2D eigenvalue weighted by Crippen LogP contribution is -2.48. The van der Waals surface area contributed by atoms with Crippen molar-refractivity contribution in [3.8, 4) is 12.3 Å². The molecule has 1 aromatic carbocycles. The molecule has 5 heteroatoms. The van der Waals surface area contributed by atoms with Crippen molar-refractivity contribution in [1.82, 2.24) is 10.2 Å². The fraction of sp³-hybridized carbons (Fsp3) is 0.333. The molecule has 0 saturated heterocycles. The number of carbonyl (C=O) groups is 2. The molecule has 1 heterocycles. The molecule has 1 aromatic rings. The van der Waals surface area contributed by atoms with Crippen LogP contribution in [-0.4, -0.2) is 35.1 Å². The number of carboxylic acid groups (broad SMARTS) is 1. The highest BCUT2D eigenvalue weighted by molar-refractivity contribution is 5.84. The van der Waals surface area contributed by atoms with Crippen LogP contribution >= 0.6 is 0 Å². The molecule has 1 aliphatic heterocycles. The fourth-order valence-corrected chi connectivity index (χ4v) is 2.39. The highest BCUT2D eigenvalue weighted by Crippen LogP contribution is 2.29. The Labute approximate surface area is 117 Å². The average Bonchev–Trinajstić information content (AvgIpc) is 2.45. The predicted octanol–water partition coefficient (Wildman–Crippen LogP) is 1.40. The van der Waals surface area contributed by atoms with Crippen LogP contribution in [0, 0.1) is 12.3 Å². The summed E-state index contributed by atoms with van der Waals surface area (Å²) in [4.78, 5) is 24.9. The van der Waals surface area contributed by atoms with Gasteiger partial charge in [0, 0.05) is 19.5 Å². The molecule has 0 bridgehead atoms. The molecule has 5 nitrogen and oxygen atoms in total. The molecule has 2 N–H and O–H groups in total. The van der Waals surface area contributed by atoms with Crippen molar-refractivity contribution in [2.24, 2.45) is 0 Å². The second-order valence-electron chi connectivity index (χ2n) is 4.57. The molecule has 0 aromatic heterocycles. The first-order chi connectivity index (χ1) is 9.65. The van der Waals surface area contributed by atoms with Crippen molar-refractivity contribution < 1.29 is 14.7 Å². The van der Waals surface area contributed by atoms with Crippen molar-refractivity contribution in [3.05, 3.63) is 35.4 Å². The van der Waals surface area contributed by atoms with Gasteiger partial charge >= 0.3 is 12.0 Å². The summed E-state index contributed by atoms with van der Waals surface area (Å²) in [6.07, 6.45) is 6.20. The number of hydrogen-bond acceptors (Lipinski definition) is 2. The molecule has 0 aliphatic carbocycles. The van der Waals surface area contributed by atoms with Crippen molar-refractivity contribution in [3.63, 3.8) is 0 Å². The molecule has 20 heavy (non-hydrogen) atoms. The molecule has 1 unspecified atom stereocenters. The number of rotatable bonds is 3. The minimum Gasteiger partial charge on any atom is -0.479 e. The number of urea groups is 1. The average molecular weight is 272 g/mol. The summed E-state index contributed by atoms with van der Waals surface area (Å²) in [5, 5.41) is 12.1. The third-order valence-electron chi connectivity index (χ3n) is 3.32. The topological polar surface area (TPSA) is 69.6 Å². The van der Waals surface area contributed by atoms with Crippen LogP contribution in [0.1, 0.15) is 23.6 Å². The Kier molecular flexibility index (Phi) is 4.26. The van der Waals surface area contributed by atoms with Crippen molar-refractivity contribution in [2.75, 3.05) is 13.1 Å². The summed E-state index contributed by atoms with van der Waals surface area (Å²) >= 11 is 0. The Morgan fingerprint density at radius 2 is 2.20 bits per heavy atom. The molecule has 1 atom stereocenters. The summed E-state index contributed by atoms with van der Waals surface area (Å²) in [5.74, 6) is 1.40. The summed E-state index contributed by atoms with van der Waals surface area (Å²) in [6.45, 7) is 0.732. The van der Waals surface area contributed by atoms with E-state index >= 15 is 0 Å². The van der Waals surface area contributed by atoms with Gasteiger partial charge in [0.1, 0.15) is 0 Å². The van der Waals surface area contributed by atoms with Gasteiger partial charge in [-0.3, -0.25) is 0 Å². The molecule has 0 spiro atoms. The lowest BCUT2D eigenvalue weighted by Gasteiger charge is -2.34. The second kappa shape index (κ2) is 6.11. The molecule has 0 fully saturated rings. The number of fused-ring (bicyclic) bond motifs is 1. The lowest BCUT2D eigenvalue weighted by atomic mass is 9.93. The summed E-state index contributed by atoms with van der Waals surface area (Å²) in [6, 6.07) is 6.00. The molecule has 1 aliphatic rings. The number of benzene rings is 1. The third-order valence-corrected chi connectivity index (χ3v) is 3.32. The molecule has 2 amide bonds. The summed E-state index contributed by atoms with van der Waals surface area (Å²) in [5.41, 5.74) is 1.66. The van der Waals surface area contributed by atoms with E-state index in [1.165, 1.54) is 4.90 Å². The Bertz CT molecular complexity index is 562. The minimum absolute atomic E-state index is 0.347. The van der Waals surface area contributed by atoms with Crippen LogP contribution in [0.5, 0.6) is 0 Å². The first-order valence-corrected chi connectivity index (χ1v) is 6.43. The van der Waals surface area contributed by atoms with Crippen LogP contribution in [0.4, 0.5) is 4.79 Å². The SMILES string of the molecule is C#CCCNC(=O)N1CCc2ccccc2C1C(=O)O. The number of carbonyl (C=O) groups excluding carboxylic acids is 1. The first-order valence-electron chi connectivity index (χ1n) is 6.43. The van der Waals surface area contributed by atoms with Crippen LogP contribution < -0.4 is 5.32 Å². The zero-order chi connectivity index (χ0) is 14.5. The van der Waals surface area contributed by atoms with Crippen LogP contribution in [0.15, 0.2) is 24.3 Å². The number of nitrogens with zero attached hydrogens (tertiary/aromatic N) is 1. The highest BCUT2D eigenvalue weighted by atomic mass is 16.4. The van der Waals surface area contributed by atoms with Gasteiger partial charge in [-0.1, -0.05) is 24.3 Å². The van der Waals surface area contributed by atoms with Crippen LogP contribution in [0.2, 0.25) is 0 Å². The molecule has 0 saturated carbocycles. The highest BCUT2D eigenvalue weighted by Gasteiger charge is 2.35. The van der Waals surface area contributed by atoms with Crippen molar-refractivity contribution in [1.29, 1.82) is 0 Å². The molecular weight excluding hydrogens is 256 g/mol. The van der Waals surface area contributed by atoms with Crippen LogP contribution in [0.3, 0.4) is 0 Å². The number of carboxylic acids is 1. The quantitative estimate of drug-likeness (QED) is 0.645. The standard InChI is InChI=1S/C15H16N2O3/c1-2-3-9-16-15(20)17-10-8-11-6-4-5-7-12(11)13(17)14(18)19/h1,4-7,13H,3,8-10H2,(H,16,20)(H,18,19). The zero-order valence-corrected chi connectivity index (χ0v) is 11.0. The van der Waals surface area contributed by atoms with Gasteiger partial charge in [-0.05, 0) is 17.5 Å². The molecule has 104 valence electrons. The van der Waals surface area contributed by atoms with E-state index < -0.39 is 12.0 Å². The van der Waals surface area contributed by atoms with Gasteiger partial charge in [0.2, 0.25) is 0 Å². The number of nitrogens with one attached hydrogen (secondary N) is 1. The normalized spacial score (nSPS) is 16.9. The maximum atomic E-state index is 12.1. The smallest absolute Gasteiger partial charge is 0.331 e. The maximum absolute atomic E-state index is 12.1. The van der Waals surface area contributed by atoms with Gasteiger partial charge < -0.3 is 15.3 Å². The Morgan fingerprint density at radius 1 is 1.45 bits per heavy atom. The molecule has 2 rings (SSSR count). The molecular formula is C15H16N2O3. The van der Waals surface area contributed by atoms with Crippen molar-refractivity contribution >= 4 is 12.0 Å². The Balaban J connectivity index is 2.21. The third kappa shape index (κ3) is 2.75. The van der Waals surface area contributed by atoms with E-state index in [4.69, 9.17) is 6.42 Å². The van der Waals surface area contributed by atoms with Crippen LogP contribution in [0.25, 0.3) is 0 Å². The molecule has 0 radical (unpaired) electrons. The maximum Gasteiger partial charge on any atom is 0.331 e. The Hall–Kier alpha value is -2.48. The fourth-order valence-electron chi connectivity index (χ4n) is 2.39. The number of amides is 2. The zero-order valence-electron chi connectivity index (χ0n) is 11.0. The van der Waals surface area contributed by atoms with Gasteiger partial charge in [0.15, 0.2) is 6.04 Å². The van der Waals surface area contributed by atoms with E-state index in [0.29, 0.717) is 31.5 Å². The van der Waals surface area contributed by atoms with E-state index in [9.17, 15) is 14.7 Å². The number of terminal acetylenes is 1. The van der Waals surface area contributed by atoms with Crippen LogP contribution in [-0.2, 0) is 11.2 Å². The monoisotopic (exact) mass is 272 g/mol. The van der Waals surface area contributed by atoms with E-state index in [2.05, 4.69) is 11.2 Å². The van der Waals surface area contributed by atoms with Gasteiger partial charge in [-0.15, -0.1) is 12.3 Å². The predicted molar refractivity (Wildman–Crippen MR) is 74.1 cm³/mol. The van der Waals surface area contributed by atoms with Gasteiger partial charge in [-0.2, -0.15) is 0 Å². The van der Waals surface area contributed by atoms with Gasteiger partial charge in [0.25, 0.3) is 0 Å². The minimum atomic E-state index is -1.02. The summed E-state index contributed by atoms with van der Waals surface area (Å²) in [7, 11) is 0. The van der Waals surface area contributed by atoms with Gasteiger partial charge in [-0.25, -0.2) is 9.59 Å². The van der Waals surface area contributed by atoms with E-state index in [1.54, 1.807) is 12.1 Å². The van der Waals surface area contributed by atoms with Gasteiger partial charge in [0.05, 0.1) is 0 Å². The van der Waals surface area contributed by atoms with E-state index in [-0.39, 0.29) is 6.03 Å². The van der Waals surface area contributed by atoms with E-state index in [1.807, 2.05) is 12.1 Å². The van der Waals surface area contributed by atoms with E-state index in [0.717, 1.165) is 5.56 Å². The number of hydrogen-bond donors (Lipinski definition) is 2. The largest absolute Gasteiger partial charge is 0.479 e. The number of aliphatic carboxylic acids is 1. The second-order valence-corrected chi connectivity index (χ2v) is 4.57.